The van der Waals surface area contributed by atoms with Crippen LogP contribution in [0.5, 0.6) is 0 Å². The van der Waals surface area contributed by atoms with Gasteiger partial charge in [0.15, 0.2) is 0 Å². The maximum Gasteiger partial charge on any atom is 0.412 e. The first kappa shape index (κ1) is 18.4. The molecule has 1 aromatic rings. The summed E-state index contributed by atoms with van der Waals surface area (Å²) in [6.07, 6.45) is -0.291. The van der Waals surface area contributed by atoms with Crippen molar-refractivity contribution >= 4 is 29.5 Å². The van der Waals surface area contributed by atoms with Gasteiger partial charge in [0.05, 0.1) is 11.3 Å². The molecule has 1 unspecified atom stereocenters. The second-order valence-corrected chi connectivity index (χ2v) is 6.65. The highest BCUT2D eigenvalue weighted by Gasteiger charge is 2.28. The molecular weight excluding hydrogens is 326 g/mol. The van der Waals surface area contributed by atoms with Gasteiger partial charge in [-0.3, -0.25) is 25.0 Å². The Morgan fingerprint density at radius 2 is 1.88 bits per heavy atom. The number of hydrogen-bond acceptors (Lipinski definition) is 5. The molecule has 1 saturated heterocycles. The zero-order chi connectivity index (χ0) is 18.6. The Hall–Kier alpha value is -2.90. The number of hydrogen-bond donors (Lipinski definition) is 3. The largest absolute Gasteiger partial charge is 0.444 e. The van der Waals surface area contributed by atoms with Crippen molar-refractivity contribution in [2.45, 2.75) is 45.3 Å². The van der Waals surface area contributed by atoms with Crippen molar-refractivity contribution in [3.8, 4) is 0 Å². The first-order valence-corrected chi connectivity index (χ1v) is 7.89. The van der Waals surface area contributed by atoms with Crippen molar-refractivity contribution in [3.05, 3.63) is 29.8 Å². The highest BCUT2D eigenvalue weighted by molar-refractivity contribution is 6.06. The van der Waals surface area contributed by atoms with Crippen LogP contribution in [0.4, 0.5) is 10.5 Å². The van der Waals surface area contributed by atoms with Crippen molar-refractivity contribution in [1.29, 1.82) is 0 Å². The molecule has 0 spiro atoms. The Morgan fingerprint density at radius 3 is 2.52 bits per heavy atom. The van der Waals surface area contributed by atoms with Gasteiger partial charge < -0.3 is 10.1 Å². The average molecular weight is 347 g/mol. The molecule has 4 amide bonds. The molecule has 25 heavy (non-hydrogen) atoms. The molecule has 0 radical (unpaired) electrons. The van der Waals surface area contributed by atoms with E-state index in [4.69, 9.17) is 4.74 Å². The highest BCUT2D eigenvalue weighted by Crippen LogP contribution is 2.18. The van der Waals surface area contributed by atoms with Crippen molar-refractivity contribution < 1.29 is 23.9 Å². The standard InChI is InChI=1S/C17H21N3O5/c1-17(2,3)25-16(24)19-11-7-5-4-6-10(11)14(22)18-12-8-9-13(21)20-15(12)23/h4-7,12H,8-9H2,1-3H3,(H,18,22)(H,19,24)(H,20,21,23). The molecule has 8 nitrogen and oxygen atoms in total. The number of benzene rings is 1. The Morgan fingerprint density at radius 1 is 1.20 bits per heavy atom. The number of nitrogens with one attached hydrogen (secondary N) is 3. The Labute approximate surface area is 145 Å². The normalized spacial score (nSPS) is 17.5. The van der Waals surface area contributed by atoms with Gasteiger partial charge in [0.1, 0.15) is 11.6 Å². The predicted octanol–water partition coefficient (Wildman–Crippen LogP) is 1.57. The second kappa shape index (κ2) is 7.33. The molecule has 1 fully saturated rings. The van der Waals surface area contributed by atoms with Gasteiger partial charge in [-0.05, 0) is 39.3 Å². The van der Waals surface area contributed by atoms with Crippen LogP contribution in [0.15, 0.2) is 24.3 Å². The summed E-state index contributed by atoms with van der Waals surface area (Å²) in [4.78, 5) is 47.3. The molecule has 134 valence electrons. The molecule has 3 N–H and O–H groups in total. The van der Waals surface area contributed by atoms with E-state index in [2.05, 4.69) is 16.0 Å². The van der Waals surface area contributed by atoms with Gasteiger partial charge in [0.25, 0.3) is 5.91 Å². The summed E-state index contributed by atoms with van der Waals surface area (Å²) in [6, 6.07) is 5.59. The molecule has 1 aromatic carbocycles. The lowest BCUT2D eigenvalue weighted by Gasteiger charge is -2.23. The summed E-state index contributed by atoms with van der Waals surface area (Å²) < 4.78 is 5.17. The molecule has 0 aliphatic carbocycles. The van der Waals surface area contributed by atoms with Crippen molar-refractivity contribution in [2.24, 2.45) is 0 Å². The number of rotatable bonds is 3. The van der Waals surface area contributed by atoms with Gasteiger partial charge in [0, 0.05) is 6.42 Å². The van der Waals surface area contributed by atoms with Crippen LogP contribution in [-0.4, -0.2) is 35.5 Å². The Balaban J connectivity index is 2.09. The van der Waals surface area contributed by atoms with E-state index in [1.807, 2.05) is 0 Å². The molecule has 0 aromatic heterocycles. The summed E-state index contributed by atoms with van der Waals surface area (Å²) in [7, 11) is 0. The first-order valence-electron chi connectivity index (χ1n) is 7.89. The smallest absolute Gasteiger partial charge is 0.412 e. The zero-order valence-electron chi connectivity index (χ0n) is 14.3. The fourth-order valence-corrected chi connectivity index (χ4v) is 2.27. The summed E-state index contributed by atoms with van der Waals surface area (Å²) >= 11 is 0. The predicted molar refractivity (Wildman–Crippen MR) is 89.9 cm³/mol. The lowest BCUT2D eigenvalue weighted by Crippen LogP contribution is -2.52. The maximum atomic E-state index is 12.5. The lowest BCUT2D eigenvalue weighted by molar-refractivity contribution is -0.134. The van der Waals surface area contributed by atoms with Crippen LogP contribution in [0.1, 0.15) is 44.0 Å². The molecule has 1 aliphatic heterocycles. The number of imide groups is 1. The minimum atomic E-state index is -0.792. The van der Waals surface area contributed by atoms with Crippen LogP contribution in [-0.2, 0) is 14.3 Å². The lowest BCUT2D eigenvalue weighted by atomic mass is 10.1. The van der Waals surface area contributed by atoms with Crippen LogP contribution in [0, 0.1) is 0 Å². The van der Waals surface area contributed by atoms with Crippen LogP contribution < -0.4 is 16.0 Å². The minimum Gasteiger partial charge on any atom is -0.444 e. The van der Waals surface area contributed by atoms with E-state index in [0.29, 0.717) is 0 Å². The van der Waals surface area contributed by atoms with Crippen LogP contribution >= 0.6 is 0 Å². The molecule has 1 heterocycles. The zero-order valence-corrected chi connectivity index (χ0v) is 14.3. The summed E-state index contributed by atoms with van der Waals surface area (Å²) in [5.74, 6) is -1.43. The number of piperidine rings is 1. The molecular formula is C17H21N3O5. The average Bonchev–Trinajstić information content (AvgIpc) is 2.48. The third-order valence-corrected chi connectivity index (χ3v) is 3.35. The fourth-order valence-electron chi connectivity index (χ4n) is 2.27. The number of carbonyl (C=O) groups is 4. The Kier molecular flexibility index (Phi) is 5.41. The van der Waals surface area contributed by atoms with Crippen molar-refractivity contribution in [1.82, 2.24) is 10.6 Å². The minimum absolute atomic E-state index is 0.161. The topological polar surface area (TPSA) is 114 Å². The van der Waals surface area contributed by atoms with E-state index in [1.165, 1.54) is 6.07 Å². The SMILES string of the molecule is CC(C)(C)OC(=O)Nc1ccccc1C(=O)NC1CCC(=O)NC1=O. The highest BCUT2D eigenvalue weighted by atomic mass is 16.6. The van der Waals surface area contributed by atoms with Gasteiger partial charge in [-0.2, -0.15) is 0 Å². The number of ether oxygens (including phenoxy) is 1. The summed E-state index contributed by atoms with van der Waals surface area (Å²) in [6.45, 7) is 5.19. The third-order valence-electron chi connectivity index (χ3n) is 3.35. The maximum absolute atomic E-state index is 12.5. The van der Waals surface area contributed by atoms with Gasteiger partial charge in [0.2, 0.25) is 11.8 Å². The van der Waals surface area contributed by atoms with E-state index in [0.717, 1.165) is 0 Å². The number of anilines is 1. The summed E-state index contributed by atoms with van der Waals surface area (Å²) in [5.41, 5.74) is -0.215. The van der Waals surface area contributed by atoms with Gasteiger partial charge in [-0.25, -0.2) is 4.79 Å². The molecule has 0 saturated carbocycles. The van der Waals surface area contributed by atoms with Crippen molar-refractivity contribution in [3.63, 3.8) is 0 Å². The van der Waals surface area contributed by atoms with E-state index in [1.54, 1.807) is 39.0 Å². The molecule has 8 heteroatoms. The summed E-state index contributed by atoms with van der Waals surface area (Å²) in [5, 5.41) is 7.28. The molecule has 1 aliphatic rings. The van der Waals surface area contributed by atoms with Gasteiger partial charge >= 0.3 is 6.09 Å². The van der Waals surface area contributed by atoms with Crippen LogP contribution in [0.25, 0.3) is 0 Å². The van der Waals surface area contributed by atoms with E-state index in [-0.39, 0.29) is 30.0 Å². The fraction of sp³-hybridized carbons (Fsp3) is 0.412. The molecule has 1 atom stereocenters. The molecule has 0 bridgehead atoms. The van der Waals surface area contributed by atoms with Crippen LogP contribution in [0.2, 0.25) is 0 Å². The van der Waals surface area contributed by atoms with E-state index in [9.17, 15) is 19.2 Å². The quantitative estimate of drug-likeness (QED) is 0.718. The number of carbonyl (C=O) groups excluding carboxylic acids is 4. The van der Waals surface area contributed by atoms with E-state index < -0.39 is 29.6 Å². The first-order chi connectivity index (χ1) is 11.7. The van der Waals surface area contributed by atoms with E-state index >= 15 is 0 Å². The van der Waals surface area contributed by atoms with Gasteiger partial charge in [-0.1, -0.05) is 12.1 Å². The van der Waals surface area contributed by atoms with Crippen molar-refractivity contribution in [2.75, 3.05) is 5.32 Å². The second-order valence-electron chi connectivity index (χ2n) is 6.65. The third kappa shape index (κ3) is 5.30. The Bertz CT molecular complexity index is 708. The van der Waals surface area contributed by atoms with Gasteiger partial charge in [-0.15, -0.1) is 0 Å². The molecule has 2 rings (SSSR count). The monoisotopic (exact) mass is 347 g/mol. The number of amides is 4. The van der Waals surface area contributed by atoms with Crippen LogP contribution in [0.3, 0.4) is 0 Å². The number of para-hydroxylation sites is 1.